The molecule has 1 amide bonds. The Morgan fingerprint density at radius 3 is 1.46 bits per heavy atom. The molecule has 0 fully saturated rings. The Hall–Kier alpha value is -0.610. The van der Waals surface area contributed by atoms with Crippen LogP contribution < -0.4 is 5.73 Å². The van der Waals surface area contributed by atoms with Crippen LogP contribution in [0.2, 0.25) is 0 Å². The molecule has 0 atom stereocenters. The molecule has 0 unspecified atom stereocenters. The Kier molecular flexibility index (Phi) is 16.0. The fourth-order valence-corrected chi connectivity index (χ4v) is 0. The van der Waals surface area contributed by atoms with E-state index in [0.29, 0.717) is 0 Å². The molecule has 0 spiro atoms. The standard InChI is InChI=1S/C5H12O.C2H5NO.C2H6O/c1-4-5(2,3)6;1-2(3)4;1-2-3/h6H,4H2,1-3H3;1H3,(H2,3,4);3H,2H2,1H3. The smallest absolute Gasteiger partial charge is 0.214 e. The third kappa shape index (κ3) is 176. The van der Waals surface area contributed by atoms with Crippen LogP contribution in [0, 0.1) is 0 Å². The van der Waals surface area contributed by atoms with Gasteiger partial charge in [-0.05, 0) is 27.2 Å². The second kappa shape index (κ2) is 11.4. The van der Waals surface area contributed by atoms with Crippen LogP contribution >= 0.6 is 0 Å². The van der Waals surface area contributed by atoms with Gasteiger partial charge in [0.1, 0.15) is 0 Å². The van der Waals surface area contributed by atoms with Crippen molar-refractivity contribution in [2.24, 2.45) is 5.73 Å². The zero-order valence-electron chi connectivity index (χ0n) is 9.29. The van der Waals surface area contributed by atoms with E-state index in [-0.39, 0.29) is 12.5 Å². The lowest BCUT2D eigenvalue weighted by Crippen LogP contribution is -2.15. The largest absolute Gasteiger partial charge is 0.397 e. The first-order chi connectivity index (χ1) is 5.71. The molecule has 0 bridgehead atoms. The highest BCUT2D eigenvalue weighted by molar-refractivity contribution is 5.70. The van der Waals surface area contributed by atoms with Gasteiger partial charge in [0.2, 0.25) is 5.91 Å². The third-order valence-electron chi connectivity index (χ3n) is 0.865. The quantitative estimate of drug-likeness (QED) is 0.572. The highest BCUT2D eigenvalue weighted by Gasteiger charge is 2.05. The molecule has 4 nitrogen and oxygen atoms in total. The summed E-state index contributed by atoms with van der Waals surface area (Å²) in [6.07, 6.45) is 0.826. The van der Waals surface area contributed by atoms with Gasteiger partial charge in [-0.15, -0.1) is 0 Å². The first-order valence-electron chi connectivity index (χ1n) is 4.30. The highest BCUT2D eigenvalue weighted by Crippen LogP contribution is 2.03. The summed E-state index contributed by atoms with van der Waals surface area (Å²) < 4.78 is 0. The summed E-state index contributed by atoms with van der Waals surface area (Å²) in [5.74, 6) is -0.333. The number of rotatable bonds is 1. The number of aliphatic hydroxyl groups excluding tert-OH is 1. The van der Waals surface area contributed by atoms with Crippen molar-refractivity contribution in [3.8, 4) is 0 Å². The monoisotopic (exact) mass is 193 g/mol. The number of carbonyl (C=O) groups is 1. The average molecular weight is 193 g/mol. The molecule has 0 heterocycles. The van der Waals surface area contributed by atoms with Gasteiger partial charge in [-0.25, -0.2) is 0 Å². The molecular formula is C9H23NO3. The lowest BCUT2D eigenvalue weighted by Gasteiger charge is -2.11. The van der Waals surface area contributed by atoms with Crippen LogP contribution in [-0.4, -0.2) is 28.3 Å². The molecule has 13 heavy (non-hydrogen) atoms. The van der Waals surface area contributed by atoms with E-state index in [1.807, 2.05) is 6.92 Å². The number of aliphatic hydroxyl groups is 2. The number of nitrogens with two attached hydrogens (primary N) is 1. The Balaban J connectivity index is -0.000000125. The van der Waals surface area contributed by atoms with Gasteiger partial charge >= 0.3 is 0 Å². The normalized spacial score (nSPS) is 8.85. The molecule has 82 valence electrons. The zero-order chi connectivity index (χ0) is 11.5. The minimum Gasteiger partial charge on any atom is -0.397 e. The van der Waals surface area contributed by atoms with Gasteiger partial charge in [0.05, 0.1) is 5.60 Å². The van der Waals surface area contributed by atoms with Gasteiger partial charge < -0.3 is 15.9 Å². The summed E-state index contributed by atoms with van der Waals surface area (Å²) in [4.78, 5) is 9.22. The molecular weight excluding hydrogens is 170 g/mol. The van der Waals surface area contributed by atoms with E-state index in [1.165, 1.54) is 6.92 Å². The molecule has 0 saturated heterocycles. The highest BCUT2D eigenvalue weighted by atomic mass is 16.3. The molecule has 0 aromatic rings. The maximum atomic E-state index is 9.22. The number of hydrogen-bond acceptors (Lipinski definition) is 3. The van der Waals surface area contributed by atoms with E-state index in [2.05, 4.69) is 5.73 Å². The second-order valence-electron chi connectivity index (χ2n) is 3.09. The van der Waals surface area contributed by atoms with Crippen molar-refractivity contribution in [2.75, 3.05) is 6.61 Å². The molecule has 0 aliphatic carbocycles. The van der Waals surface area contributed by atoms with Crippen molar-refractivity contribution in [1.82, 2.24) is 0 Å². The minimum atomic E-state index is -0.458. The van der Waals surface area contributed by atoms with E-state index in [1.54, 1.807) is 20.8 Å². The van der Waals surface area contributed by atoms with Gasteiger partial charge in [-0.2, -0.15) is 0 Å². The molecule has 4 heteroatoms. The van der Waals surface area contributed by atoms with Gasteiger partial charge in [-0.3, -0.25) is 4.79 Å². The van der Waals surface area contributed by atoms with Crippen molar-refractivity contribution in [3.05, 3.63) is 0 Å². The third-order valence-corrected chi connectivity index (χ3v) is 0.865. The molecule has 0 aliphatic heterocycles. The lowest BCUT2D eigenvalue weighted by molar-refractivity contribution is -0.115. The number of hydrogen-bond donors (Lipinski definition) is 3. The van der Waals surface area contributed by atoms with Crippen LogP contribution in [0.3, 0.4) is 0 Å². The zero-order valence-corrected chi connectivity index (χ0v) is 9.29. The van der Waals surface area contributed by atoms with Crippen molar-refractivity contribution in [2.45, 2.75) is 46.6 Å². The first-order valence-corrected chi connectivity index (χ1v) is 4.30. The summed E-state index contributed by atoms with van der Waals surface area (Å²) >= 11 is 0. The van der Waals surface area contributed by atoms with Crippen LogP contribution in [0.5, 0.6) is 0 Å². The average Bonchev–Trinajstić information content (AvgIpc) is 1.86. The summed E-state index contributed by atoms with van der Waals surface area (Å²) in [5.41, 5.74) is 4.01. The predicted octanol–water partition coefficient (Wildman–Crippen LogP) is 0.657. The first kappa shape index (κ1) is 18.2. The van der Waals surface area contributed by atoms with Gasteiger partial charge in [-0.1, -0.05) is 6.92 Å². The molecule has 0 aromatic heterocycles. The summed E-state index contributed by atoms with van der Waals surface area (Å²) in [7, 11) is 0. The number of carbonyl (C=O) groups excluding carboxylic acids is 1. The van der Waals surface area contributed by atoms with E-state index in [4.69, 9.17) is 10.2 Å². The molecule has 4 N–H and O–H groups in total. The van der Waals surface area contributed by atoms with Crippen LogP contribution in [0.1, 0.15) is 41.0 Å². The van der Waals surface area contributed by atoms with Crippen LogP contribution in [0.15, 0.2) is 0 Å². The van der Waals surface area contributed by atoms with Crippen molar-refractivity contribution < 1.29 is 15.0 Å². The maximum Gasteiger partial charge on any atom is 0.214 e. The Morgan fingerprint density at radius 1 is 1.38 bits per heavy atom. The number of primary amides is 1. The van der Waals surface area contributed by atoms with E-state index in [9.17, 15) is 4.79 Å². The maximum absolute atomic E-state index is 9.22. The lowest BCUT2D eigenvalue weighted by atomic mass is 10.1. The Morgan fingerprint density at radius 2 is 1.46 bits per heavy atom. The molecule has 0 rings (SSSR count). The van der Waals surface area contributed by atoms with Crippen molar-refractivity contribution in [1.29, 1.82) is 0 Å². The van der Waals surface area contributed by atoms with Crippen LogP contribution in [-0.2, 0) is 4.79 Å². The second-order valence-corrected chi connectivity index (χ2v) is 3.09. The number of amides is 1. The van der Waals surface area contributed by atoms with Crippen molar-refractivity contribution in [3.63, 3.8) is 0 Å². The molecule has 0 saturated carbocycles. The van der Waals surface area contributed by atoms with E-state index in [0.717, 1.165) is 6.42 Å². The van der Waals surface area contributed by atoms with Gasteiger partial charge in [0.25, 0.3) is 0 Å². The van der Waals surface area contributed by atoms with Crippen LogP contribution in [0.4, 0.5) is 0 Å². The summed E-state index contributed by atoms with van der Waals surface area (Å²) in [6.45, 7) is 8.79. The summed E-state index contributed by atoms with van der Waals surface area (Å²) in [5, 5.41) is 16.4. The molecule has 0 radical (unpaired) electrons. The molecule has 0 aromatic carbocycles. The minimum absolute atomic E-state index is 0.250. The fraction of sp³-hybridized carbons (Fsp3) is 0.889. The van der Waals surface area contributed by atoms with Crippen molar-refractivity contribution >= 4 is 5.91 Å². The predicted molar refractivity (Wildman–Crippen MR) is 54.2 cm³/mol. The Bertz CT molecular complexity index is 104. The van der Waals surface area contributed by atoms with E-state index >= 15 is 0 Å². The summed E-state index contributed by atoms with van der Waals surface area (Å²) in [6, 6.07) is 0. The SMILES string of the molecule is CC(N)=O.CCC(C)(C)O.CCO. The Labute approximate surface area is 80.8 Å². The topological polar surface area (TPSA) is 83.6 Å². The fourth-order valence-electron chi connectivity index (χ4n) is 0. The van der Waals surface area contributed by atoms with E-state index < -0.39 is 5.60 Å². The van der Waals surface area contributed by atoms with Gasteiger partial charge in [0, 0.05) is 13.5 Å². The van der Waals surface area contributed by atoms with Gasteiger partial charge in [0.15, 0.2) is 0 Å². The molecule has 0 aliphatic rings. The van der Waals surface area contributed by atoms with Crippen LogP contribution in [0.25, 0.3) is 0 Å².